The Kier molecular flexibility index (Phi) is 4.40. The Labute approximate surface area is 168 Å². The molecule has 29 heavy (non-hydrogen) atoms. The first-order valence-electron chi connectivity index (χ1n) is 9.67. The number of carbonyl (C=O) groups is 1. The zero-order valence-electron chi connectivity index (χ0n) is 15.8. The van der Waals surface area contributed by atoms with Crippen molar-refractivity contribution in [1.29, 1.82) is 0 Å². The fourth-order valence-electron chi connectivity index (χ4n) is 3.79. The van der Waals surface area contributed by atoms with E-state index in [4.69, 9.17) is 0 Å². The van der Waals surface area contributed by atoms with E-state index in [1.807, 2.05) is 53.4 Å². The Morgan fingerprint density at radius 3 is 2.76 bits per heavy atom. The molecule has 3 heterocycles. The van der Waals surface area contributed by atoms with Gasteiger partial charge in [0.25, 0.3) is 0 Å². The number of fused-ring (bicyclic) bond motifs is 2. The van der Waals surface area contributed by atoms with Gasteiger partial charge in [-0.1, -0.05) is 36.4 Å². The third-order valence-corrected chi connectivity index (χ3v) is 5.18. The molecule has 144 valence electrons. The van der Waals surface area contributed by atoms with E-state index in [1.165, 1.54) is 11.9 Å². The molecule has 2 aromatic heterocycles. The van der Waals surface area contributed by atoms with Crippen LogP contribution in [0.25, 0.3) is 16.7 Å². The van der Waals surface area contributed by atoms with Gasteiger partial charge in [0.05, 0.1) is 23.8 Å². The number of amides is 1. The quantitative estimate of drug-likeness (QED) is 0.585. The van der Waals surface area contributed by atoms with Gasteiger partial charge >= 0.3 is 0 Å². The van der Waals surface area contributed by atoms with E-state index < -0.39 is 0 Å². The molecule has 1 aliphatic heterocycles. The van der Waals surface area contributed by atoms with Crippen molar-refractivity contribution in [1.82, 2.24) is 19.7 Å². The topological polar surface area (TPSA) is 75.9 Å². The van der Waals surface area contributed by atoms with Gasteiger partial charge in [0.15, 0.2) is 5.65 Å². The van der Waals surface area contributed by atoms with Gasteiger partial charge in [-0.3, -0.25) is 4.79 Å². The molecule has 1 aliphatic rings. The second-order valence-corrected chi connectivity index (χ2v) is 6.98. The number of carbonyl (C=O) groups excluding carboxylic acids is 1. The van der Waals surface area contributed by atoms with E-state index in [-0.39, 0.29) is 12.5 Å². The van der Waals surface area contributed by atoms with Crippen molar-refractivity contribution in [2.45, 2.75) is 12.8 Å². The monoisotopic (exact) mass is 384 g/mol. The third-order valence-electron chi connectivity index (χ3n) is 5.18. The summed E-state index contributed by atoms with van der Waals surface area (Å²) in [6, 6.07) is 17.9. The molecule has 0 atom stereocenters. The van der Waals surface area contributed by atoms with Gasteiger partial charge in [-0.05, 0) is 36.6 Å². The minimum absolute atomic E-state index is 0.0272. The molecule has 4 aromatic rings. The highest BCUT2D eigenvalue weighted by Crippen LogP contribution is 2.27. The molecule has 0 fully saturated rings. The van der Waals surface area contributed by atoms with Crippen molar-refractivity contribution in [3.05, 3.63) is 72.7 Å². The highest BCUT2D eigenvalue weighted by atomic mass is 16.2. The van der Waals surface area contributed by atoms with Gasteiger partial charge in [-0.15, -0.1) is 0 Å². The lowest BCUT2D eigenvalue weighted by molar-refractivity contribution is -0.117. The lowest BCUT2D eigenvalue weighted by Gasteiger charge is -2.29. The number of benzene rings is 2. The molecule has 0 saturated carbocycles. The molecule has 1 amide bonds. The maximum Gasteiger partial charge on any atom is 0.246 e. The van der Waals surface area contributed by atoms with Crippen LogP contribution in [-0.4, -0.2) is 38.7 Å². The Bertz CT molecular complexity index is 1170. The average Bonchev–Trinajstić information content (AvgIpc) is 3.22. The Hall–Kier alpha value is -3.74. The maximum absolute atomic E-state index is 12.9. The van der Waals surface area contributed by atoms with Gasteiger partial charge in [0, 0.05) is 12.2 Å². The fourth-order valence-corrected chi connectivity index (χ4v) is 3.79. The van der Waals surface area contributed by atoms with Crippen LogP contribution in [0.1, 0.15) is 12.0 Å². The van der Waals surface area contributed by atoms with Crippen LogP contribution in [0.2, 0.25) is 0 Å². The highest BCUT2D eigenvalue weighted by Gasteiger charge is 2.22. The standard InChI is InChI=1S/C22H20N6O/c29-20(27-12-6-8-16-7-4-5-11-19(16)27)14-23-21-18-13-26-28(22(18)25-15-24-21)17-9-2-1-3-10-17/h1-5,7,9-11,13,15H,6,8,12,14H2,(H,23,24,25). The van der Waals surface area contributed by atoms with Gasteiger partial charge in [0.2, 0.25) is 5.91 Å². The number of rotatable bonds is 4. The molecule has 1 N–H and O–H groups in total. The first-order chi connectivity index (χ1) is 14.3. The summed E-state index contributed by atoms with van der Waals surface area (Å²) >= 11 is 0. The molecular formula is C22H20N6O. The molecule has 0 unspecified atom stereocenters. The summed E-state index contributed by atoms with van der Waals surface area (Å²) in [6.45, 7) is 0.902. The summed E-state index contributed by atoms with van der Waals surface area (Å²) in [7, 11) is 0. The first-order valence-corrected chi connectivity index (χ1v) is 9.67. The third kappa shape index (κ3) is 3.20. The molecule has 5 rings (SSSR count). The summed E-state index contributed by atoms with van der Waals surface area (Å²) in [5.41, 5.74) is 3.86. The zero-order chi connectivity index (χ0) is 19.6. The number of hydrogen-bond donors (Lipinski definition) is 1. The SMILES string of the molecule is O=C(CNc1ncnc2c1cnn2-c1ccccc1)N1CCCc2ccccc21. The van der Waals surface area contributed by atoms with Crippen molar-refractivity contribution in [3.63, 3.8) is 0 Å². The average molecular weight is 384 g/mol. The Balaban J connectivity index is 1.38. The zero-order valence-corrected chi connectivity index (χ0v) is 15.8. The minimum atomic E-state index is 0.0272. The van der Waals surface area contributed by atoms with Crippen LogP contribution in [-0.2, 0) is 11.2 Å². The van der Waals surface area contributed by atoms with E-state index in [2.05, 4.69) is 26.4 Å². The van der Waals surface area contributed by atoms with Gasteiger partial charge in [0.1, 0.15) is 12.1 Å². The summed E-state index contributed by atoms with van der Waals surface area (Å²) in [4.78, 5) is 23.5. The fraction of sp³-hybridized carbons (Fsp3) is 0.182. The Morgan fingerprint density at radius 1 is 1.03 bits per heavy atom. The summed E-state index contributed by atoms with van der Waals surface area (Å²) in [5.74, 6) is 0.634. The highest BCUT2D eigenvalue weighted by molar-refractivity contribution is 5.98. The van der Waals surface area contributed by atoms with Crippen LogP contribution in [0.15, 0.2) is 67.1 Å². The van der Waals surface area contributed by atoms with Gasteiger partial charge < -0.3 is 10.2 Å². The molecule has 0 radical (unpaired) electrons. The van der Waals surface area contributed by atoms with Crippen LogP contribution in [0.5, 0.6) is 0 Å². The van der Waals surface area contributed by atoms with Crippen molar-refractivity contribution >= 4 is 28.4 Å². The first kappa shape index (κ1) is 17.4. The molecule has 2 aromatic carbocycles. The molecule has 7 nitrogen and oxygen atoms in total. The summed E-state index contributed by atoms with van der Waals surface area (Å²) in [6.07, 6.45) is 5.21. The van der Waals surface area contributed by atoms with Crippen molar-refractivity contribution in [2.75, 3.05) is 23.3 Å². The number of nitrogens with one attached hydrogen (secondary N) is 1. The number of anilines is 2. The van der Waals surface area contributed by atoms with Gasteiger partial charge in [-0.25, -0.2) is 14.6 Å². The molecular weight excluding hydrogens is 364 g/mol. The summed E-state index contributed by atoms with van der Waals surface area (Å²) < 4.78 is 1.77. The van der Waals surface area contributed by atoms with Crippen LogP contribution in [0, 0.1) is 0 Å². The lowest BCUT2D eigenvalue weighted by atomic mass is 10.0. The predicted molar refractivity (Wildman–Crippen MR) is 112 cm³/mol. The number of nitrogens with zero attached hydrogens (tertiary/aromatic N) is 5. The molecule has 0 spiro atoms. The van der Waals surface area contributed by atoms with E-state index >= 15 is 0 Å². The predicted octanol–water partition coefficient (Wildman–Crippen LogP) is 3.21. The molecule has 0 saturated heterocycles. The van der Waals surface area contributed by atoms with Crippen LogP contribution < -0.4 is 10.2 Å². The van der Waals surface area contributed by atoms with E-state index in [0.717, 1.165) is 36.1 Å². The van der Waals surface area contributed by atoms with Crippen LogP contribution in [0.3, 0.4) is 0 Å². The Morgan fingerprint density at radius 2 is 1.86 bits per heavy atom. The lowest BCUT2D eigenvalue weighted by Crippen LogP contribution is -2.39. The molecule has 0 bridgehead atoms. The second kappa shape index (κ2) is 7.35. The smallest absolute Gasteiger partial charge is 0.246 e. The van der Waals surface area contributed by atoms with Crippen LogP contribution >= 0.6 is 0 Å². The van der Waals surface area contributed by atoms with Crippen LogP contribution in [0.4, 0.5) is 11.5 Å². The van der Waals surface area contributed by atoms with E-state index in [0.29, 0.717) is 11.5 Å². The van der Waals surface area contributed by atoms with Crippen molar-refractivity contribution in [2.24, 2.45) is 0 Å². The second-order valence-electron chi connectivity index (χ2n) is 6.98. The van der Waals surface area contributed by atoms with E-state index in [1.54, 1.807) is 10.9 Å². The van der Waals surface area contributed by atoms with E-state index in [9.17, 15) is 4.79 Å². The number of para-hydroxylation sites is 2. The maximum atomic E-state index is 12.9. The number of aromatic nitrogens is 4. The molecule has 0 aliphatic carbocycles. The molecule has 7 heteroatoms. The van der Waals surface area contributed by atoms with Crippen molar-refractivity contribution < 1.29 is 4.79 Å². The summed E-state index contributed by atoms with van der Waals surface area (Å²) in [5, 5.41) is 8.42. The largest absolute Gasteiger partial charge is 0.360 e. The van der Waals surface area contributed by atoms with Crippen molar-refractivity contribution in [3.8, 4) is 5.69 Å². The van der Waals surface area contributed by atoms with Gasteiger partial charge in [-0.2, -0.15) is 5.10 Å². The number of aryl methyl sites for hydroxylation is 1. The normalized spacial score (nSPS) is 13.3. The number of hydrogen-bond acceptors (Lipinski definition) is 5. The minimum Gasteiger partial charge on any atom is -0.360 e.